The minimum Gasteiger partial charge on any atom is -0.317 e. The second kappa shape index (κ2) is 6.70. The van der Waals surface area contributed by atoms with Crippen molar-refractivity contribution in [2.75, 3.05) is 7.05 Å². The van der Waals surface area contributed by atoms with Gasteiger partial charge in [-0.05, 0) is 26.5 Å². The van der Waals surface area contributed by atoms with E-state index in [0.29, 0.717) is 12.0 Å². The summed E-state index contributed by atoms with van der Waals surface area (Å²) in [6, 6.07) is 2.63. The molecule has 96 valence electrons. The van der Waals surface area contributed by atoms with E-state index in [-0.39, 0.29) is 0 Å². The van der Waals surface area contributed by atoms with Crippen molar-refractivity contribution in [2.24, 2.45) is 0 Å². The van der Waals surface area contributed by atoms with Crippen LogP contribution in [0.5, 0.6) is 0 Å². The van der Waals surface area contributed by atoms with Gasteiger partial charge in [0, 0.05) is 29.8 Å². The van der Waals surface area contributed by atoms with E-state index < -0.39 is 0 Å². The van der Waals surface area contributed by atoms with Gasteiger partial charge >= 0.3 is 0 Å². The van der Waals surface area contributed by atoms with Gasteiger partial charge in [-0.25, -0.2) is 9.97 Å². The van der Waals surface area contributed by atoms with Crippen LogP contribution in [0.4, 0.5) is 0 Å². The number of nitrogens with one attached hydrogen (secondary N) is 1. The van der Waals surface area contributed by atoms with E-state index in [4.69, 9.17) is 0 Å². The van der Waals surface area contributed by atoms with Gasteiger partial charge < -0.3 is 5.32 Å². The first-order chi connectivity index (χ1) is 8.06. The highest BCUT2D eigenvalue weighted by Gasteiger charge is 2.10. The molecule has 17 heavy (non-hydrogen) atoms. The van der Waals surface area contributed by atoms with Crippen LogP contribution < -0.4 is 5.32 Å². The molecule has 1 heterocycles. The lowest BCUT2D eigenvalue weighted by Crippen LogP contribution is -2.28. The van der Waals surface area contributed by atoms with Crippen molar-refractivity contribution >= 4 is 0 Å². The van der Waals surface area contributed by atoms with Crippen LogP contribution in [-0.4, -0.2) is 23.1 Å². The van der Waals surface area contributed by atoms with Gasteiger partial charge in [-0.2, -0.15) is 0 Å². The summed E-state index contributed by atoms with van der Waals surface area (Å²) in [5, 5.41) is 3.36. The lowest BCUT2D eigenvalue weighted by atomic mass is 10.1. The zero-order valence-corrected chi connectivity index (χ0v) is 11.7. The lowest BCUT2D eigenvalue weighted by molar-refractivity contribution is 0.506. The molecule has 3 nitrogen and oxygen atoms in total. The van der Waals surface area contributed by atoms with Crippen molar-refractivity contribution in [1.82, 2.24) is 15.3 Å². The Morgan fingerprint density at radius 3 is 2.53 bits per heavy atom. The molecule has 1 unspecified atom stereocenters. The molecule has 1 rings (SSSR count). The average Bonchev–Trinajstić information content (AvgIpc) is 2.27. The fourth-order valence-corrected chi connectivity index (χ4v) is 1.97. The molecule has 1 aromatic heterocycles. The summed E-state index contributed by atoms with van der Waals surface area (Å²) in [6.07, 6.45) is 3.39. The number of hydrogen-bond acceptors (Lipinski definition) is 3. The third-order valence-corrected chi connectivity index (χ3v) is 2.94. The van der Waals surface area contributed by atoms with Crippen LogP contribution in [0.2, 0.25) is 0 Å². The van der Waals surface area contributed by atoms with Crippen molar-refractivity contribution < 1.29 is 0 Å². The molecular weight excluding hydrogens is 210 g/mol. The Kier molecular flexibility index (Phi) is 5.56. The number of aryl methyl sites for hydroxylation is 1. The molecule has 0 amide bonds. The van der Waals surface area contributed by atoms with Crippen LogP contribution in [0.25, 0.3) is 0 Å². The third-order valence-electron chi connectivity index (χ3n) is 2.94. The number of hydrogen-bond donors (Lipinski definition) is 1. The van der Waals surface area contributed by atoms with Gasteiger partial charge in [0.25, 0.3) is 0 Å². The molecule has 0 aliphatic heterocycles. The van der Waals surface area contributed by atoms with Crippen LogP contribution in [0.1, 0.15) is 56.7 Å². The van der Waals surface area contributed by atoms with Crippen molar-refractivity contribution in [2.45, 2.75) is 58.9 Å². The van der Waals surface area contributed by atoms with Crippen LogP contribution in [0, 0.1) is 6.92 Å². The summed E-state index contributed by atoms with van der Waals surface area (Å²) in [4.78, 5) is 9.13. The van der Waals surface area contributed by atoms with Gasteiger partial charge in [-0.3, -0.25) is 0 Å². The summed E-state index contributed by atoms with van der Waals surface area (Å²) in [6.45, 7) is 8.54. The fraction of sp³-hybridized carbons (Fsp3) is 0.714. The molecule has 3 heteroatoms. The topological polar surface area (TPSA) is 37.8 Å². The quantitative estimate of drug-likeness (QED) is 0.824. The molecule has 0 saturated carbocycles. The molecule has 0 fully saturated rings. The van der Waals surface area contributed by atoms with E-state index in [2.05, 4.69) is 42.1 Å². The van der Waals surface area contributed by atoms with E-state index in [1.165, 1.54) is 12.8 Å². The van der Waals surface area contributed by atoms with Crippen molar-refractivity contribution in [3.63, 3.8) is 0 Å². The summed E-state index contributed by atoms with van der Waals surface area (Å²) in [5.74, 6) is 1.36. The monoisotopic (exact) mass is 235 g/mol. The maximum Gasteiger partial charge on any atom is 0.131 e. The second-order valence-electron chi connectivity index (χ2n) is 4.99. The molecule has 0 aliphatic rings. The molecule has 0 aromatic carbocycles. The summed E-state index contributed by atoms with van der Waals surface area (Å²) >= 11 is 0. The SMILES string of the molecule is CCCC(Cc1cc(C)nc(C(C)C)n1)NC. The highest BCUT2D eigenvalue weighted by atomic mass is 14.9. The Bertz CT molecular complexity index is 347. The van der Waals surface area contributed by atoms with E-state index in [1.54, 1.807) is 0 Å². The highest BCUT2D eigenvalue weighted by Crippen LogP contribution is 2.12. The molecular formula is C14H25N3. The lowest BCUT2D eigenvalue weighted by Gasteiger charge is -2.16. The van der Waals surface area contributed by atoms with Gasteiger partial charge in [-0.1, -0.05) is 27.2 Å². The van der Waals surface area contributed by atoms with Crippen molar-refractivity contribution in [3.05, 3.63) is 23.3 Å². The smallest absolute Gasteiger partial charge is 0.131 e. The maximum absolute atomic E-state index is 4.65. The van der Waals surface area contributed by atoms with Gasteiger partial charge in [0.15, 0.2) is 0 Å². The minimum atomic E-state index is 0.396. The molecule has 1 N–H and O–H groups in total. The summed E-state index contributed by atoms with van der Waals surface area (Å²) < 4.78 is 0. The highest BCUT2D eigenvalue weighted by molar-refractivity contribution is 5.12. The Balaban J connectivity index is 2.82. The second-order valence-corrected chi connectivity index (χ2v) is 4.99. The summed E-state index contributed by atoms with van der Waals surface area (Å²) in [7, 11) is 2.03. The molecule has 1 atom stereocenters. The largest absolute Gasteiger partial charge is 0.317 e. The Labute approximate surface area is 105 Å². The maximum atomic E-state index is 4.65. The first kappa shape index (κ1) is 14.1. The van der Waals surface area contributed by atoms with Gasteiger partial charge in [0.05, 0.1) is 0 Å². The molecule has 0 saturated heterocycles. The predicted molar refractivity (Wildman–Crippen MR) is 72.3 cm³/mol. The molecule has 0 spiro atoms. The number of nitrogens with zero attached hydrogens (tertiary/aromatic N) is 2. The van der Waals surface area contributed by atoms with Crippen molar-refractivity contribution in [1.29, 1.82) is 0 Å². The van der Waals surface area contributed by atoms with Crippen LogP contribution in [0.15, 0.2) is 6.07 Å². The zero-order valence-electron chi connectivity index (χ0n) is 11.7. The van der Waals surface area contributed by atoms with Crippen LogP contribution in [0.3, 0.4) is 0 Å². The van der Waals surface area contributed by atoms with E-state index in [9.17, 15) is 0 Å². The number of aromatic nitrogens is 2. The number of likely N-dealkylation sites (N-methyl/N-ethyl adjacent to an activating group) is 1. The molecule has 0 bridgehead atoms. The Morgan fingerprint density at radius 2 is 2.00 bits per heavy atom. The van der Waals surface area contributed by atoms with E-state index >= 15 is 0 Å². The normalized spacial score (nSPS) is 13.1. The minimum absolute atomic E-state index is 0.396. The number of rotatable bonds is 6. The Morgan fingerprint density at radius 1 is 1.29 bits per heavy atom. The fourth-order valence-electron chi connectivity index (χ4n) is 1.97. The third kappa shape index (κ3) is 4.43. The van der Waals surface area contributed by atoms with Gasteiger partial charge in [0.1, 0.15) is 5.82 Å². The van der Waals surface area contributed by atoms with Gasteiger partial charge in [-0.15, -0.1) is 0 Å². The van der Waals surface area contributed by atoms with E-state index in [0.717, 1.165) is 23.6 Å². The van der Waals surface area contributed by atoms with Gasteiger partial charge in [0.2, 0.25) is 0 Å². The standard InChI is InChI=1S/C14H25N3/c1-6-7-12(15-5)9-13-8-11(4)16-14(17-13)10(2)3/h8,10,12,15H,6-7,9H2,1-5H3. The first-order valence-corrected chi connectivity index (χ1v) is 6.58. The van der Waals surface area contributed by atoms with Crippen LogP contribution >= 0.6 is 0 Å². The molecule has 0 radical (unpaired) electrons. The Hall–Kier alpha value is -0.960. The zero-order chi connectivity index (χ0) is 12.8. The van der Waals surface area contributed by atoms with Crippen LogP contribution in [-0.2, 0) is 6.42 Å². The predicted octanol–water partition coefficient (Wildman–Crippen LogP) is 2.84. The molecule has 1 aromatic rings. The van der Waals surface area contributed by atoms with Crippen molar-refractivity contribution in [3.8, 4) is 0 Å². The average molecular weight is 235 g/mol. The molecule has 0 aliphatic carbocycles. The van der Waals surface area contributed by atoms with E-state index in [1.807, 2.05) is 14.0 Å². The first-order valence-electron chi connectivity index (χ1n) is 6.58. The summed E-state index contributed by atoms with van der Waals surface area (Å²) in [5.41, 5.74) is 2.24.